The van der Waals surface area contributed by atoms with Gasteiger partial charge in [-0.25, -0.2) is 9.97 Å². The molecule has 0 bridgehead atoms. The predicted molar refractivity (Wildman–Crippen MR) is 111 cm³/mol. The number of rotatable bonds is 6. The molecule has 0 aliphatic carbocycles. The molecule has 6 heteroatoms. The Morgan fingerprint density at radius 1 is 1.14 bits per heavy atom. The van der Waals surface area contributed by atoms with E-state index in [1.165, 1.54) is 0 Å². The molecule has 2 aromatic carbocycles. The molecule has 0 aliphatic rings. The average Bonchev–Trinajstić information content (AvgIpc) is 2.66. The third-order valence-corrected chi connectivity index (χ3v) is 4.88. The van der Waals surface area contributed by atoms with E-state index >= 15 is 0 Å². The molecule has 1 heterocycles. The Bertz CT molecular complexity index is 1020. The van der Waals surface area contributed by atoms with Crippen LogP contribution in [0.1, 0.15) is 31.2 Å². The van der Waals surface area contributed by atoms with Crippen molar-refractivity contribution in [2.45, 2.75) is 26.7 Å². The van der Waals surface area contributed by atoms with E-state index in [1.54, 1.807) is 7.11 Å². The van der Waals surface area contributed by atoms with Gasteiger partial charge < -0.3 is 14.7 Å². The maximum absolute atomic E-state index is 11.9. The van der Waals surface area contributed by atoms with Gasteiger partial charge in [0.1, 0.15) is 17.4 Å². The van der Waals surface area contributed by atoms with Crippen molar-refractivity contribution in [3.8, 4) is 5.75 Å². The highest BCUT2D eigenvalue weighted by atomic mass is 16.5. The Kier molecular flexibility index (Phi) is 5.49. The van der Waals surface area contributed by atoms with Gasteiger partial charge in [0.05, 0.1) is 18.5 Å². The molecular weight excluding hydrogens is 354 g/mol. The third-order valence-electron chi connectivity index (χ3n) is 4.88. The predicted octanol–water partition coefficient (Wildman–Crippen LogP) is 4.54. The quantitative estimate of drug-likeness (QED) is 0.678. The van der Waals surface area contributed by atoms with Crippen LogP contribution in [0.2, 0.25) is 0 Å². The highest BCUT2D eigenvalue weighted by molar-refractivity contribution is 5.91. The zero-order chi connectivity index (χ0) is 20.4. The van der Waals surface area contributed by atoms with Crippen molar-refractivity contribution >= 4 is 28.4 Å². The molecule has 6 nitrogen and oxygen atoms in total. The van der Waals surface area contributed by atoms with Gasteiger partial charge in [0.2, 0.25) is 0 Å². The van der Waals surface area contributed by atoms with E-state index in [4.69, 9.17) is 4.74 Å². The summed E-state index contributed by atoms with van der Waals surface area (Å²) in [6.07, 6.45) is 0. The highest BCUT2D eigenvalue weighted by Crippen LogP contribution is 2.37. The molecule has 1 N–H and O–H groups in total. The molecule has 1 atom stereocenters. The molecule has 146 valence electrons. The van der Waals surface area contributed by atoms with Crippen molar-refractivity contribution in [2.24, 2.45) is 5.92 Å². The van der Waals surface area contributed by atoms with Gasteiger partial charge >= 0.3 is 5.97 Å². The number of hydrogen-bond acceptors (Lipinski definition) is 5. The fraction of sp³-hybridized carbons (Fsp3) is 0.318. The van der Waals surface area contributed by atoms with Crippen LogP contribution in [0.15, 0.2) is 42.5 Å². The molecule has 0 fully saturated rings. The second-order valence-electron chi connectivity index (χ2n) is 7.16. The Hall–Kier alpha value is -3.15. The van der Waals surface area contributed by atoms with Crippen LogP contribution >= 0.6 is 0 Å². The molecule has 0 saturated carbocycles. The molecule has 0 amide bonds. The first-order valence-electron chi connectivity index (χ1n) is 9.21. The second-order valence-corrected chi connectivity index (χ2v) is 7.16. The van der Waals surface area contributed by atoms with Crippen molar-refractivity contribution in [1.29, 1.82) is 0 Å². The summed E-state index contributed by atoms with van der Waals surface area (Å²) >= 11 is 0. The monoisotopic (exact) mass is 379 g/mol. The largest absolute Gasteiger partial charge is 0.496 e. The van der Waals surface area contributed by atoms with Crippen LogP contribution < -0.4 is 9.64 Å². The molecular formula is C22H25N3O3. The fourth-order valence-electron chi connectivity index (χ4n) is 3.50. The zero-order valence-electron chi connectivity index (χ0n) is 16.8. The van der Waals surface area contributed by atoms with Crippen LogP contribution in [-0.4, -0.2) is 35.2 Å². The summed E-state index contributed by atoms with van der Waals surface area (Å²) in [7, 11) is 3.48. The number of carboxylic acid groups (broad SMARTS) is 1. The van der Waals surface area contributed by atoms with Crippen LogP contribution in [-0.2, 0) is 4.79 Å². The number of carbonyl (C=O) groups is 1. The minimum absolute atomic E-state index is 0.0749. The molecule has 28 heavy (non-hydrogen) atoms. The summed E-state index contributed by atoms with van der Waals surface area (Å²) in [5.74, 6) is 0.426. The van der Waals surface area contributed by atoms with Crippen molar-refractivity contribution in [2.75, 3.05) is 19.1 Å². The van der Waals surface area contributed by atoms with E-state index in [-0.39, 0.29) is 5.92 Å². The SMILES string of the molecule is COc1ccc(N(C)c2nc(C)nc3ccccc23)cc1C(C(=O)O)C(C)C. The molecule has 3 rings (SSSR count). The van der Waals surface area contributed by atoms with Crippen LogP contribution in [0.3, 0.4) is 0 Å². The zero-order valence-corrected chi connectivity index (χ0v) is 16.8. The number of carboxylic acids is 1. The Labute approximate surface area is 164 Å². The topological polar surface area (TPSA) is 75.5 Å². The Morgan fingerprint density at radius 3 is 2.50 bits per heavy atom. The minimum Gasteiger partial charge on any atom is -0.496 e. The van der Waals surface area contributed by atoms with Crippen LogP contribution in [0.25, 0.3) is 10.9 Å². The summed E-state index contributed by atoms with van der Waals surface area (Å²) in [5, 5.41) is 10.7. The first kappa shape index (κ1) is 19.6. The molecule has 0 saturated heterocycles. The smallest absolute Gasteiger partial charge is 0.311 e. The lowest BCUT2D eigenvalue weighted by Crippen LogP contribution is -2.19. The van der Waals surface area contributed by atoms with Gasteiger partial charge in [-0.15, -0.1) is 0 Å². The number of aliphatic carboxylic acids is 1. The van der Waals surface area contributed by atoms with Crippen molar-refractivity contribution in [1.82, 2.24) is 9.97 Å². The lowest BCUT2D eigenvalue weighted by Gasteiger charge is -2.24. The maximum atomic E-state index is 11.9. The number of aryl methyl sites for hydroxylation is 1. The third kappa shape index (κ3) is 3.63. The van der Waals surface area contributed by atoms with Crippen molar-refractivity contribution < 1.29 is 14.6 Å². The normalized spacial score (nSPS) is 12.2. The van der Waals surface area contributed by atoms with E-state index in [0.29, 0.717) is 17.1 Å². The highest BCUT2D eigenvalue weighted by Gasteiger charge is 2.27. The first-order chi connectivity index (χ1) is 13.3. The van der Waals surface area contributed by atoms with E-state index in [0.717, 1.165) is 22.4 Å². The van der Waals surface area contributed by atoms with Gasteiger partial charge in [0, 0.05) is 23.7 Å². The van der Waals surface area contributed by atoms with Gasteiger partial charge in [-0.2, -0.15) is 0 Å². The van der Waals surface area contributed by atoms with E-state index < -0.39 is 11.9 Å². The van der Waals surface area contributed by atoms with E-state index in [1.807, 2.05) is 75.2 Å². The fourth-order valence-corrected chi connectivity index (χ4v) is 3.50. The minimum atomic E-state index is -0.864. The number of para-hydroxylation sites is 1. The summed E-state index contributed by atoms with van der Waals surface area (Å²) in [6.45, 7) is 5.66. The van der Waals surface area contributed by atoms with Gasteiger partial charge in [-0.05, 0) is 43.2 Å². The Balaban J connectivity index is 2.15. The number of anilines is 2. The lowest BCUT2D eigenvalue weighted by molar-refractivity contribution is -0.139. The van der Waals surface area contributed by atoms with Gasteiger partial charge in [0.25, 0.3) is 0 Å². The van der Waals surface area contributed by atoms with Crippen molar-refractivity contribution in [3.05, 3.63) is 53.9 Å². The second kappa shape index (κ2) is 7.84. The van der Waals surface area contributed by atoms with E-state index in [9.17, 15) is 9.90 Å². The summed E-state index contributed by atoms with van der Waals surface area (Å²) in [6, 6.07) is 13.5. The number of benzene rings is 2. The standard InChI is InChI=1S/C22H25N3O3/c1-13(2)20(22(26)27)17-12-15(10-11-19(17)28-5)25(4)21-16-8-6-7-9-18(16)23-14(3)24-21/h6-13,20H,1-5H3,(H,26,27). The number of ether oxygens (including phenoxy) is 1. The summed E-state index contributed by atoms with van der Waals surface area (Å²) in [5.41, 5.74) is 2.37. The molecule has 1 aromatic heterocycles. The summed E-state index contributed by atoms with van der Waals surface area (Å²) < 4.78 is 5.45. The summed E-state index contributed by atoms with van der Waals surface area (Å²) in [4.78, 5) is 23.0. The lowest BCUT2D eigenvalue weighted by atomic mass is 9.87. The van der Waals surface area contributed by atoms with Gasteiger partial charge in [-0.3, -0.25) is 4.79 Å². The Morgan fingerprint density at radius 2 is 1.86 bits per heavy atom. The number of fused-ring (bicyclic) bond motifs is 1. The molecule has 1 unspecified atom stereocenters. The van der Waals surface area contributed by atoms with Crippen LogP contribution in [0.4, 0.5) is 11.5 Å². The van der Waals surface area contributed by atoms with Crippen molar-refractivity contribution in [3.63, 3.8) is 0 Å². The molecule has 0 aliphatic heterocycles. The maximum Gasteiger partial charge on any atom is 0.311 e. The van der Waals surface area contributed by atoms with Gasteiger partial charge in [-0.1, -0.05) is 26.0 Å². The number of methoxy groups -OCH3 is 1. The first-order valence-corrected chi connectivity index (χ1v) is 9.21. The number of nitrogens with zero attached hydrogens (tertiary/aromatic N) is 3. The molecule has 3 aromatic rings. The van der Waals surface area contributed by atoms with Crippen LogP contribution in [0.5, 0.6) is 5.75 Å². The van der Waals surface area contributed by atoms with E-state index in [2.05, 4.69) is 9.97 Å². The molecule has 0 radical (unpaired) electrons. The average molecular weight is 379 g/mol. The number of aromatic nitrogens is 2. The van der Waals surface area contributed by atoms with Gasteiger partial charge in [0.15, 0.2) is 0 Å². The number of hydrogen-bond donors (Lipinski definition) is 1. The van der Waals surface area contributed by atoms with Crippen LogP contribution in [0, 0.1) is 12.8 Å². The molecule has 0 spiro atoms.